The number of methoxy groups -OCH3 is 2. The highest BCUT2D eigenvalue weighted by Gasteiger charge is 2.25. The Kier molecular flexibility index (Phi) is 5.44. The van der Waals surface area contributed by atoms with Gasteiger partial charge in [0.2, 0.25) is 0 Å². The van der Waals surface area contributed by atoms with Crippen LogP contribution in [0.25, 0.3) is 0 Å². The maximum absolute atomic E-state index is 5.97. The van der Waals surface area contributed by atoms with E-state index in [2.05, 4.69) is 16.0 Å². The summed E-state index contributed by atoms with van der Waals surface area (Å²) in [5, 5.41) is 0. The van der Waals surface area contributed by atoms with E-state index >= 15 is 0 Å². The number of aliphatic imine (C=N–C) groups is 1. The van der Waals surface area contributed by atoms with Gasteiger partial charge in [-0.3, -0.25) is 4.98 Å². The lowest BCUT2D eigenvalue weighted by molar-refractivity contribution is 0.350. The fourth-order valence-electron chi connectivity index (χ4n) is 3.66. The molecule has 0 spiro atoms. The highest BCUT2D eigenvalue weighted by molar-refractivity contribution is 6.02. The van der Waals surface area contributed by atoms with Crippen molar-refractivity contribution in [1.82, 2.24) is 9.88 Å². The van der Waals surface area contributed by atoms with Gasteiger partial charge in [-0.2, -0.15) is 0 Å². The number of benzene rings is 2. The van der Waals surface area contributed by atoms with Crippen molar-refractivity contribution in [2.24, 2.45) is 10.7 Å². The molecule has 0 amide bonds. The SMILES string of the molecule is COc1cccc(OC)c1CN1Cc2ccccc2N=C1c1cccnc1CN. The molecule has 0 saturated heterocycles. The predicted octanol–water partition coefficient (Wildman–Crippen LogP) is 3.65. The number of amidine groups is 1. The second kappa shape index (κ2) is 8.32. The Morgan fingerprint density at radius 1 is 0.966 bits per heavy atom. The van der Waals surface area contributed by atoms with Crippen molar-refractivity contribution in [2.75, 3.05) is 14.2 Å². The lowest BCUT2D eigenvalue weighted by Crippen LogP contribution is -2.34. The number of nitrogens with two attached hydrogens (primary N) is 1. The van der Waals surface area contributed by atoms with E-state index in [9.17, 15) is 0 Å². The lowest BCUT2D eigenvalue weighted by Gasteiger charge is -2.32. The van der Waals surface area contributed by atoms with Crippen molar-refractivity contribution in [2.45, 2.75) is 19.6 Å². The first-order valence-electron chi connectivity index (χ1n) is 9.51. The fraction of sp³-hybridized carbons (Fsp3) is 0.217. The van der Waals surface area contributed by atoms with Crippen molar-refractivity contribution in [3.63, 3.8) is 0 Å². The molecule has 148 valence electrons. The number of pyridine rings is 1. The summed E-state index contributed by atoms with van der Waals surface area (Å²) in [6.07, 6.45) is 1.76. The second-order valence-electron chi connectivity index (χ2n) is 6.76. The molecule has 0 bridgehead atoms. The van der Waals surface area contributed by atoms with Gasteiger partial charge in [-0.05, 0) is 35.9 Å². The van der Waals surface area contributed by atoms with Crippen LogP contribution in [-0.4, -0.2) is 29.9 Å². The van der Waals surface area contributed by atoms with Crippen molar-refractivity contribution in [1.29, 1.82) is 0 Å². The maximum atomic E-state index is 5.97. The molecule has 0 unspecified atom stereocenters. The van der Waals surface area contributed by atoms with Gasteiger partial charge in [0, 0.05) is 24.8 Å². The first-order chi connectivity index (χ1) is 14.2. The molecule has 0 atom stereocenters. The van der Waals surface area contributed by atoms with Crippen molar-refractivity contribution >= 4 is 11.5 Å². The van der Waals surface area contributed by atoms with Gasteiger partial charge in [-0.1, -0.05) is 24.3 Å². The molecule has 6 nitrogen and oxygen atoms in total. The standard InChI is InChI=1S/C23H24N4O2/c1-28-21-10-5-11-22(29-2)18(21)15-27-14-16-7-3-4-9-19(16)26-23(27)17-8-6-12-25-20(17)13-24/h3-12H,13-15,24H2,1-2H3. The topological polar surface area (TPSA) is 73.0 Å². The number of para-hydroxylation sites is 1. The van der Waals surface area contributed by atoms with Gasteiger partial charge >= 0.3 is 0 Å². The summed E-state index contributed by atoms with van der Waals surface area (Å²) >= 11 is 0. The monoisotopic (exact) mass is 388 g/mol. The Morgan fingerprint density at radius 2 is 1.72 bits per heavy atom. The minimum atomic E-state index is 0.350. The van der Waals surface area contributed by atoms with E-state index in [1.165, 1.54) is 5.56 Å². The molecule has 1 aliphatic heterocycles. The fourth-order valence-corrected chi connectivity index (χ4v) is 3.66. The molecule has 6 heteroatoms. The van der Waals surface area contributed by atoms with E-state index in [1.807, 2.05) is 48.5 Å². The Bertz CT molecular complexity index is 1030. The zero-order valence-electron chi connectivity index (χ0n) is 16.6. The highest BCUT2D eigenvalue weighted by atomic mass is 16.5. The largest absolute Gasteiger partial charge is 0.496 e. The molecule has 0 saturated carbocycles. The van der Waals surface area contributed by atoms with Crippen LogP contribution >= 0.6 is 0 Å². The molecule has 29 heavy (non-hydrogen) atoms. The van der Waals surface area contributed by atoms with Crippen LogP contribution in [0, 0.1) is 0 Å². The number of hydrogen-bond acceptors (Lipinski definition) is 6. The molecule has 2 aromatic carbocycles. The van der Waals surface area contributed by atoms with E-state index < -0.39 is 0 Å². The summed E-state index contributed by atoms with van der Waals surface area (Å²) in [6.45, 7) is 1.65. The summed E-state index contributed by atoms with van der Waals surface area (Å²) in [5.41, 5.74) is 10.8. The van der Waals surface area contributed by atoms with E-state index in [1.54, 1.807) is 20.4 Å². The van der Waals surface area contributed by atoms with Crippen molar-refractivity contribution in [3.8, 4) is 11.5 Å². The average molecular weight is 388 g/mol. The van der Waals surface area contributed by atoms with Crippen LogP contribution in [0.15, 0.2) is 65.8 Å². The van der Waals surface area contributed by atoms with Crippen LogP contribution in [0.5, 0.6) is 11.5 Å². The van der Waals surface area contributed by atoms with Gasteiger partial charge in [0.15, 0.2) is 0 Å². The molecular formula is C23H24N4O2. The van der Waals surface area contributed by atoms with Gasteiger partial charge in [0.25, 0.3) is 0 Å². The molecule has 3 aromatic rings. The summed E-state index contributed by atoms with van der Waals surface area (Å²) in [4.78, 5) is 11.7. The molecule has 1 aliphatic rings. The first-order valence-corrected chi connectivity index (χ1v) is 9.51. The molecule has 2 N–H and O–H groups in total. The third kappa shape index (κ3) is 3.67. The van der Waals surface area contributed by atoms with Gasteiger partial charge in [0.1, 0.15) is 17.3 Å². The second-order valence-corrected chi connectivity index (χ2v) is 6.76. The Balaban J connectivity index is 1.82. The quantitative estimate of drug-likeness (QED) is 0.698. The van der Waals surface area contributed by atoms with Crippen LogP contribution < -0.4 is 15.2 Å². The molecule has 0 aliphatic carbocycles. The van der Waals surface area contributed by atoms with Gasteiger partial charge in [-0.25, -0.2) is 4.99 Å². The van der Waals surface area contributed by atoms with Crippen LogP contribution in [0.2, 0.25) is 0 Å². The third-order valence-corrected chi connectivity index (χ3v) is 5.08. The number of rotatable bonds is 6. The van der Waals surface area contributed by atoms with Gasteiger partial charge in [0.05, 0.1) is 37.7 Å². The Hall–Kier alpha value is -3.38. The van der Waals surface area contributed by atoms with Crippen LogP contribution in [0.4, 0.5) is 5.69 Å². The Morgan fingerprint density at radius 3 is 2.45 bits per heavy atom. The molecule has 2 heterocycles. The maximum Gasteiger partial charge on any atom is 0.139 e. The Labute approximate surface area is 170 Å². The van der Waals surface area contributed by atoms with Crippen LogP contribution in [0.3, 0.4) is 0 Å². The highest BCUT2D eigenvalue weighted by Crippen LogP contribution is 2.34. The molecule has 0 radical (unpaired) electrons. The predicted molar refractivity (Wildman–Crippen MR) is 114 cm³/mol. The number of aromatic nitrogens is 1. The van der Waals surface area contributed by atoms with E-state index in [0.29, 0.717) is 13.1 Å². The van der Waals surface area contributed by atoms with Gasteiger partial charge in [-0.15, -0.1) is 0 Å². The first kappa shape index (κ1) is 19.0. The number of fused-ring (bicyclic) bond motifs is 1. The number of hydrogen-bond donors (Lipinski definition) is 1. The molecule has 0 fully saturated rings. The zero-order valence-corrected chi connectivity index (χ0v) is 16.6. The summed E-state index contributed by atoms with van der Waals surface area (Å²) in [7, 11) is 3.35. The summed E-state index contributed by atoms with van der Waals surface area (Å²) in [5.74, 6) is 2.42. The number of nitrogens with zero attached hydrogens (tertiary/aromatic N) is 3. The minimum Gasteiger partial charge on any atom is -0.496 e. The summed E-state index contributed by atoms with van der Waals surface area (Å²) < 4.78 is 11.2. The normalized spacial score (nSPS) is 12.9. The lowest BCUT2D eigenvalue weighted by atomic mass is 10.0. The third-order valence-electron chi connectivity index (χ3n) is 5.08. The molecule has 1 aromatic heterocycles. The van der Waals surface area contributed by atoms with E-state index in [0.717, 1.165) is 46.4 Å². The summed E-state index contributed by atoms with van der Waals surface area (Å²) in [6, 6.07) is 17.9. The van der Waals surface area contributed by atoms with E-state index in [4.69, 9.17) is 20.2 Å². The van der Waals surface area contributed by atoms with Gasteiger partial charge < -0.3 is 20.1 Å². The number of ether oxygens (including phenoxy) is 2. The molecular weight excluding hydrogens is 364 g/mol. The van der Waals surface area contributed by atoms with Crippen LogP contribution in [-0.2, 0) is 19.6 Å². The average Bonchev–Trinajstić information content (AvgIpc) is 2.78. The molecule has 4 rings (SSSR count). The van der Waals surface area contributed by atoms with E-state index in [-0.39, 0.29) is 0 Å². The zero-order chi connectivity index (χ0) is 20.2. The van der Waals surface area contributed by atoms with Crippen molar-refractivity contribution < 1.29 is 9.47 Å². The minimum absolute atomic E-state index is 0.350. The van der Waals surface area contributed by atoms with Crippen molar-refractivity contribution in [3.05, 3.63) is 83.2 Å². The van der Waals surface area contributed by atoms with Crippen LogP contribution in [0.1, 0.15) is 22.4 Å². The smallest absolute Gasteiger partial charge is 0.139 e.